The maximum absolute atomic E-state index is 14.4. The number of halogens is 1. The molecule has 3 rings (SSSR count). The van der Waals surface area contributed by atoms with Crippen LogP contribution in [-0.4, -0.2) is 44.4 Å². The van der Waals surface area contributed by atoms with Crippen LogP contribution in [0.3, 0.4) is 0 Å². The predicted molar refractivity (Wildman–Crippen MR) is 87.5 cm³/mol. The van der Waals surface area contributed by atoms with Crippen LogP contribution in [0.2, 0.25) is 0 Å². The number of carbonyl (C=O) groups excluding carboxylic acids is 1. The molecule has 0 unspecified atom stereocenters. The lowest BCUT2D eigenvalue weighted by Gasteiger charge is -2.25. The Balaban J connectivity index is 1.67. The van der Waals surface area contributed by atoms with Crippen LogP contribution in [-0.2, 0) is 4.74 Å². The molecule has 2 heterocycles. The molecule has 2 fully saturated rings. The summed E-state index contributed by atoms with van der Waals surface area (Å²) in [5.41, 5.74) is 9.18. The highest BCUT2D eigenvalue weighted by Gasteiger charge is 2.32. The molecule has 0 aliphatic carbocycles. The minimum Gasteiger partial charge on any atom is -0.444 e. The van der Waals surface area contributed by atoms with Crippen LogP contribution in [0.15, 0.2) is 23.3 Å². The molecule has 2 aliphatic heterocycles. The van der Waals surface area contributed by atoms with E-state index in [1.165, 1.54) is 11.0 Å². The molecule has 8 nitrogen and oxygen atoms in total. The summed E-state index contributed by atoms with van der Waals surface area (Å²) in [5.74, 6) is -0.405. The quantitative estimate of drug-likeness (QED) is 0.491. The zero-order chi connectivity index (χ0) is 16.9. The van der Waals surface area contributed by atoms with E-state index in [0.717, 1.165) is 25.9 Å². The molecule has 0 radical (unpaired) electrons. The Labute approximate surface area is 138 Å². The first-order chi connectivity index (χ1) is 11.7. The van der Waals surface area contributed by atoms with Crippen molar-refractivity contribution in [3.05, 3.63) is 34.5 Å². The normalized spacial score (nSPS) is 21.3. The molecule has 0 saturated carbocycles. The van der Waals surface area contributed by atoms with E-state index in [4.69, 9.17) is 10.3 Å². The summed E-state index contributed by atoms with van der Waals surface area (Å²) in [6, 6.07) is 4.89. The Bertz CT molecular complexity index is 657. The highest BCUT2D eigenvalue weighted by molar-refractivity contribution is 5.90. The number of cyclic esters (lactones) is 1. The third-order valence-corrected chi connectivity index (χ3v) is 4.19. The number of benzene rings is 1. The molecular weight excluding hydrogens is 315 g/mol. The third-order valence-electron chi connectivity index (χ3n) is 4.19. The van der Waals surface area contributed by atoms with Crippen LogP contribution in [0.1, 0.15) is 12.8 Å². The van der Waals surface area contributed by atoms with Crippen molar-refractivity contribution in [2.24, 2.45) is 5.11 Å². The number of carbonyl (C=O) groups is 1. The summed E-state index contributed by atoms with van der Waals surface area (Å²) < 4.78 is 19.5. The highest BCUT2D eigenvalue weighted by atomic mass is 19.1. The molecule has 1 aromatic carbocycles. The van der Waals surface area contributed by atoms with Crippen molar-refractivity contribution in [2.75, 3.05) is 36.4 Å². The molecule has 2 N–H and O–H groups in total. The molecule has 128 valence electrons. The molecule has 24 heavy (non-hydrogen) atoms. The first-order valence-electron chi connectivity index (χ1n) is 7.93. The number of hydrogen-bond acceptors (Lipinski definition) is 5. The summed E-state index contributed by atoms with van der Waals surface area (Å²) in [5, 5.41) is 9.87. The average Bonchev–Trinajstić information content (AvgIpc) is 2.96. The fourth-order valence-electron chi connectivity index (χ4n) is 2.93. The van der Waals surface area contributed by atoms with Crippen molar-refractivity contribution in [1.82, 2.24) is 5.32 Å². The fourth-order valence-corrected chi connectivity index (χ4v) is 2.93. The lowest BCUT2D eigenvalue weighted by molar-refractivity contribution is 0.145. The van der Waals surface area contributed by atoms with Crippen molar-refractivity contribution in [3.63, 3.8) is 0 Å². The van der Waals surface area contributed by atoms with Crippen molar-refractivity contribution in [2.45, 2.75) is 25.0 Å². The van der Waals surface area contributed by atoms with E-state index >= 15 is 0 Å². The Morgan fingerprint density at radius 2 is 2.25 bits per heavy atom. The Kier molecular flexibility index (Phi) is 5.02. The van der Waals surface area contributed by atoms with Gasteiger partial charge in [-0.05, 0) is 49.7 Å². The van der Waals surface area contributed by atoms with Gasteiger partial charge in [-0.15, -0.1) is 0 Å². The number of anilines is 2. The smallest absolute Gasteiger partial charge is 0.414 e. The topological polar surface area (TPSA) is 102 Å². The van der Waals surface area contributed by atoms with Gasteiger partial charge in [0.15, 0.2) is 0 Å². The van der Waals surface area contributed by atoms with Crippen molar-refractivity contribution in [1.29, 1.82) is 0 Å². The molecule has 1 amide bonds. The molecule has 1 atom stereocenters. The number of piperidine rings is 1. The Hall–Kier alpha value is -2.51. The van der Waals surface area contributed by atoms with Crippen LogP contribution in [0.25, 0.3) is 10.4 Å². The third kappa shape index (κ3) is 3.69. The summed E-state index contributed by atoms with van der Waals surface area (Å²) in [7, 11) is 0. The van der Waals surface area contributed by atoms with Gasteiger partial charge in [0.05, 0.1) is 24.5 Å². The minimum absolute atomic E-state index is 0.0660. The van der Waals surface area contributed by atoms with Gasteiger partial charge in [-0.3, -0.25) is 4.90 Å². The number of rotatable bonds is 5. The maximum atomic E-state index is 14.4. The first-order valence-corrected chi connectivity index (χ1v) is 7.93. The van der Waals surface area contributed by atoms with Gasteiger partial charge < -0.3 is 15.4 Å². The summed E-state index contributed by atoms with van der Waals surface area (Å²) in [6.45, 7) is 2.14. The van der Waals surface area contributed by atoms with Gasteiger partial charge >= 0.3 is 6.09 Å². The van der Waals surface area contributed by atoms with Gasteiger partial charge in [0.25, 0.3) is 0 Å². The maximum Gasteiger partial charge on any atom is 0.414 e. The van der Waals surface area contributed by atoms with Gasteiger partial charge in [-0.2, -0.15) is 0 Å². The SMILES string of the molecule is [N-]=[N+]=NC[C@H]1CN(c2ccc(NC3CCNCC3)c(F)c2)C(=O)O1. The molecule has 0 bridgehead atoms. The van der Waals surface area contributed by atoms with E-state index in [1.54, 1.807) is 12.1 Å². The van der Waals surface area contributed by atoms with E-state index in [-0.39, 0.29) is 19.1 Å². The van der Waals surface area contributed by atoms with Gasteiger partial charge in [0.2, 0.25) is 0 Å². The standard InChI is InChI=1S/C15H19FN6O2/c16-13-7-11(22-9-12(8-19-21-17)24-15(22)23)1-2-14(13)20-10-3-5-18-6-4-10/h1-2,7,10,12,18,20H,3-6,8-9H2/t12-/m0/s1. The molecule has 1 aromatic rings. The van der Waals surface area contributed by atoms with E-state index in [1.807, 2.05) is 0 Å². The first kappa shape index (κ1) is 16.4. The van der Waals surface area contributed by atoms with E-state index in [9.17, 15) is 9.18 Å². The van der Waals surface area contributed by atoms with E-state index < -0.39 is 18.0 Å². The number of nitrogens with one attached hydrogen (secondary N) is 2. The van der Waals surface area contributed by atoms with Crippen LogP contribution in [0.5, 0.6) is 0 Å². The van der Waals surface area contributed by atoms with Crippen molar-refractivity contribution < 1.29 is 13.9 Å². The fraction of sp³-hybridized carbons (Fsp3) is 0.533. The molecule has 2 saturated heterocycles. The summed E-state index contributed by atoms with van der Waals surface area (Å²) in [4.78, 5) is 15.9. The van der Waals surface area contributed by atoms with Gasteiger partial charge in [-0.1, -0.05) is 5.11 Å². The number of azide groups is 1. The molecule has 9 heteroatoms. The summed E-state index contributed by atoms with van der Waals surface area (Å²) in [6.07, 6.45) is 0.817. The van der Waals surface area contributed by atoms with Crippen LogP contribution in [0, 0.1) is 5.82 Å². The largest absolute Gasteiger partial charge is 0.444 e. The monoisotopic (exact) mass is 334 g/mol. The second-order valence-electron chi connectivity index (χ2n) is 5.86. The lowest BCUT2D eigenvalue weighted by atomic mass is 10.1. The highest BCUT2D eigenvalue weighted by Crippen LogP contribution is 2.27. The Morgan fingerprint density at radius 1 is 1.46 bits per heavy atom. The van der Waals surface area contributed by atoms with Crippen molar-refractivity contribution in [3.8, 4) is 0 Å². The summed E-state index contributed by atoms with van der Waals surface area (Å²) >= 11 is 0. The van der Waals surface area contributed by atoms with Crippen molar-refractivity contribution >= 4 is 17.5 Å². The molecular formula is C15H19FN6O2. The average molecular weight is 334 g/mol. The molecule has 0 spiro atoms. The van der Waals surface area contributed by atoms with Crippen LogP contribution in [0.4, 0.5) is 20.6 Å². The number of amides is 1. The molecule has 2 aliphatic rings. The van der Waals surface area contributed by atoms with Gasteiger partial charge in [0.1, 0.15) is 11.9 Å². The van der Waals surface area contributed by atoms with Crippen LogP contribution < -0.4 is 15.5 Å². The van der Waals surface area contributed by atoms with Gasteiger partial charge in [0, 0.05) is 11.0 Å². The van der Waals surface area contributed by atoms with E-state index in [2.05, 4.69) is 20.7 Å². The zero-order valence-corrected chi connectivity index (χ0v) is 13.1. The van der Waals surface area contributed by atoms with E-state index in [0.29, 0.717) is 11.4 Å². The lowest BCUT2D eigenvalue weighted by Crippen LogP contribution is -2.35. The van der Waals surface area contributed by atoms with Gasteiger partial charge in [-0.25, -0.2) is 9.18 Å². The molecule has 0 aromatic heterocycles. The number of ether oxygens (including phenoxy) is 1. The van der Waals surface area contributed by atoms with Crippen LogP contribution >= 0.6 is 0 Å². The minimum atomic E-state index is -0.563. The Morgan fingerprint density at radius 3 is 2.96 bits per heavy atom. The number of hydrogen-bond donors (Lipinski definition) is 2. The predicted octanol–water partition coefficient (Wildman–Crippen LogP) is 2.63. The second-order valence-corrected chi connectivity index (χ2v) is 5.86. The second kappa shape index (κ2) is 7.37. The zero-order valence-electron chi connectivity index (χ0n) is 13.1. The number of nitrogens with zero attached hydrogens (tertiary/aromatic N) is 4.